The topological polar surface area (TPSA) is 62.1 Å². The lowest BCUT2D eigenvalue weighted by Crippen LogP contribution is -2.25. The molecule has 1 aromatic carbocycles. The van der Waals surface area contributed by atoms with E-state index >= 15 is 0 Å². The van der Waals surface area contributed by atoms with Gasteiger partial charge in [-0.2, -0.15) is 5.26 Å². The maximum Gasteiger partial charge on any atom is 0.261 e. The normalized spacial score (nSPS) is 10.6. The van der Waals surface area contributed by atoms with Gasteiger partial charge in [-0.15, -0.1) is 0 Å². The number of carbonyl (C=O) groups excluding carboxylic acids is 1. The second kappa shape index (κ2) is 7.13. The van der Waals surface area contributed by atoms with Crippen molar-refractivity contribution in [2.24, 2.45) is 0 Å². The van der Waals surface area contributed by atoms with Crippen molar-refractivity contribution >= 4 is 12.0 Å². The van der Waals surface area contributed by atoms with Crippen LogP contribution in [0.15, 0.2) is 29.8 Å². The van der Waals surface area contributed by atoms with Crippen molar-refractivity contribution in [3.8, 4) is 11.8 Å². The van der Waals surface area contributed by atoms with Crippen LogP contribution >= 0.6 is 0 Å². The Balaban J connectivity index is 2.83. The van der Waals surface area contributed by atoms with Crippen molar-refractivity contribution in [2.45, 2.75) is 13.3 Å². The van der Waals surface area contributed by atoms with Crippen molar-refractivity contribution in [1.82, 2.24) is 5.32 Å². The molecule has 0 aliphatic heterocycles. The van der Waals surface area contributed by atoms with E-state index in [1.807, 2.05) is 13.0 Å². The van der Waals surface area contributed by atoms with Gasteiger partial charge in [-0.05, 0) is 30.2 Å². The van der Waals surface area contributed by atoms with Gasteiger partial charge in [0.2, 0.25) is 0 Å². The van der Waals surface area contributed by atoms with Crippen molar-refractivity contribution in [2.75, 3.05) is 13.7 Å². The van der Waals surface area contributed by atoms with Crippen LogP contribution in [0.2, 0.25) is 0 Å². The Labute approximate surface area is 107 Å². The first-order valence-corrected chi connectivity index (χ1v) is 5.75. The third kappa shape index (κ3) is 3.95. The summed E-state index contributed by atoms with van der Waals surface area (Å²) in [5.74, 6) is 0.399. The number of nitriles is 1. The summed E-state index contributed by atoms with van der Waals surface area (Å²) < 4.78 is 5.04. The van der Waals surface area contributed by atoms with E-state index < -0.39 is 0 Å². The highest BCUT2D eigenvalue weighted by molar-refractivity contribution is 6.01. The molecule has 4 heteroatoms. The van der Waals surface area contributed by atoms with Gasteiger partial charge >= 0.3 is 0 Å². The molecule has 0 bridgehead atoms. The zero-order chi connectivity index (χ0) is 13.4. The number of ether oxygens (including phenoxy) is 1. The van der Waals surface area contributed by atoms with Crippen LogP contribution in [0.5, 0.6) is 5.75 Å². The van der Waals surface area contributed by atoms with Crippen LogP contribution in [0.1, 0.15) is 18.9 Å². The Morgan fingerprint density at radius 3 is 2.61 bits per heavy atom. The number of methoxy groups -OCH3 is 1. The van der Waals surface area contributed by atoms with Crippen molar-refractivity contribution in [3.05, 3.63) is 35.4 Å². The van der Waals surface area contributed by atoms with E-state index in [9.17, 15) is 4.79 Å². The second-order valence-electron chi connectivity index (χ2n) is 3.70. The number of hydrogen-bond donors (Lipinski definition) is 1. The molecular formula is C14H16N2O2. The third-order valence-corrected chi connectivity index (χ3v) is 2.33. The summed E-state index contributed by atoms with van der Waals surface area (Å²) in [4.78, 5) is 11.6. The number of rotatable bonds is 5. The first-order chi connectivity index (χ1) is 8.71. The summed E-state index contributed by atoms with van der Waals surface area (Å²) in [5, 5.41) is 11.6. The van der Waals surface area contributed by atoms with E-state index in [0.29, 0.717) is 6.54 Å². The number of benzene rings is 1. The van der Waals surface area contributed by atoms with Gasteiger partial charge in [0, 0.05) is 6.54 Å². The molecule has 4 nitrogen and oxygen atoms in total. The van der Waals surface area contributed by atoms with Crippen LogP contribution in [0.3, 0.4) is 0 Å². The van der Waals surface area contributed by atoms with E-state index in [4.69, 9.17) is 10.00 Å². The summed E-state index contributed by atoms with van der Waals surface area (Å²) in [6.07, 6.45) is 2.40. The zero-order valence-corrected chi connectivity index (χ0v) is 10.6. The minimum Gasteiger partial charge on any atom is -0.497 e. The van der Waals surface area contributed by atoms with Crippen LogP contribution in [0.4, 0.5) is 0 Å². The van der Waals surface area contributed by atoms with Gasteiger partial charge in [-0.3, -0.25) is 4.79 Å². The molecule has 0 radical (unpaired) electrons. The monoisotopic (exact) mass is 244 g/mol. The molecule has 1 rings (SSSR count). The van der Waals surface area contributed by atoms with Gasteiger partial charge in [0.25, 0.3) is 5.91 Å². The highest BCUT2D eigenvalue weighted by Crippen LogP contribution is 2.13. The van der Waals surface area contributed by atoms with Crippen LogP contribution in [-0.2, 0) is 4.79 Å². The molecule has 0 aliphatic carbocycles. The van der Waals surface area contributed by atoms with Crippen LogP contribution in [0.25, 0.3) is 6.08 Å². The molecule has 0 heterocycles. The molecule has 1 aromatic rings. The predicted molar refractivity (Wildman–Crippen MR) is 69.9 cm³/mol. The first kappa shape index (κ1) is 13.8. The van der Waals surface area contributed by atoms with E-state index in [-0.39, 0.29) is 11.5 Å². The average molecular weight is 244 g/mol. The SMILES string of the molecule is CCCNC(=O)/C(C#N)=C\c1ccc(OC)cc1. The molecule has 18 heavy (non-hydrogen) atoms. The van der Waals surface area contributed by atoms with Crippen LogP contribution in [0, 0.1) is 11.3 Å². The fraction of sp³-hybridized carbons (Fsp3) is 0.286. The molecule has 0 aromatic heterocycles. The van der Waals surface area contributed by atoms with Gasteiger partial charge in [0.05, 0.1) is 7.11 Å². The minimum atomic E-state index is -0.338. The molecule has 0 saturated heterocycles. The lowest BCUT2D eigenvalue weighted by molar-refractivity contribution is -0.117. The van der Waals surface area contributed by atoms with Crippen LogP contribution in [-0.4, -0.2) is 19.6 Å². The van der Waals surface area contributed by atoms with Crippen molar-refractivity contribution in [3.63, 3.8) is 0 Å². The lowest BCUT2D eigenvalue weighted by atomic mass is 10.1. The van der Waals surface area contributed by atoms with Gasteiger partial charge in [-0.25, -0.2) is 0 Å². The molecule has 0 saturated carbocycles. The van der Waals surface area contributed by atoms with Gasteiger partial charge in [0.1, 0.15) is 17.4 Å². The van der Waals surface area contributed by atoms with E-state index in [0.717, 1.165) is 17.7 Å². The predicted octanol–water partition coefficient (Wildman–Crippen LogP) is 2.13. The van der Waals surface area contributed by atoms with E-state index in [1.165, 1.54) is 0 Å². The molecule has 0 aliphatic rings. The molecule has 0 spiro atoms. The molecule has 0 unspecified atom stereocenters. The Morgan fingerprint density at radius 2 is 2.11 bits per heavy atom. The smallest absolute Gasteiger partial charge is 0.261 e. The molecule has 0 atom stereocenters. The maximum atomic E-state index is 11.6. The number of nitrogens with one attached hydrogen (secondary N) is 1. The number of amides is 1. The van der Waals surface area contributed by atoms with Gasteiger partial charge in [-0.1, -0.05) is 19.1 Å². The quantitative estimate of drug-likeness (QED) is 0.637. The highest BCUT2D eigenvalue weighted by atomic mass is 16.5. The highest BCUT2D eigenvalue weighted by Gasteiger charge is 2.07. The van der Waals surface area contributed by atoms with Crippen molar-refractivity contribution < 1.29 is 9.53 Å². The summed E-state index contributed by atoms with van der Waals surface area (Å²) in [6, 6.07) is 9.06. The summed E-state index contributed by atoms with van der Waals surface area (Å²) >= 11 is 0. The van der Waals surface area contributed by atoms with Gasteiger partial charge in [0.15, 0.2) is 0 Å². The second-order valence-corrected chi connectivity index (χ2v) is 3.70. The first-order valence-electron chi connectivity index (χ1n) is 5.75. The maximum absolute atomic E-state index is 11.6. The summed E-state index contributed by atoms with van der Waals surface area (Å²) in [5.41, 5.74) is 0.896. The summed E-state index contributed by atoms with van der Waals surface area (Å²) in [7, 11) is 1.59. The Hall–Kier alpha value is -2.28. The average Bonchev–Trinajstić information content (AvgIpc) is 2.42. The number of hydrogen-bond acceptors (Lipinski definition) is 3. The van der Waals surface area contributed by atoms with Gasteiger partial charge < -0.3 is 10.1 Å². The third-order valence-electron chi connectivity index (χ3n) is 2.33. The molecule has 0 fully saturated rings. The Bertz CT molecular complexity index is 470. The molecule has 94 valence electrons. The fourth-order valence-corrected chi connectivity index (χ4v) is 1.35. The Morgan fingerprint density at radius 1 is 1.44 bits per heavy atom. The number of carbonyl (C=O) groups is 1. The molecule has 1 N–H and O–H groups in total. The van der Waals surface area contributed by atoms with Crippen LogP contribution < -0.4 is 10.1 Å². The van der Waals surface area contributed by atoms with E-state index in [2.05, 4.69) is 5.32 Å². The molecular weight excluding hydrogens is 228 g/mol. The largest absolute Gasteiger partial charge is 0.497 e. The van der Waals surface area contributed by atoms with Crippen molar-refractivity contribution in [1.29, 1.82) is 5.26 Å². The zero-order valence-electron chi connectivity index (χ0n) is 10.6. The Kier molecular flexibility index (Phi) is 5.46. The standard InChI is InChI=1S/C14H16N2O2/c1-3-8-16-14(17)12(10-15)9-11-4-6-13(18-2)7-5-11/h4-7,9H,3,8H2,1-2H3,(H,16,17)/b12-9-. The fourth-order valence-electron chi connectivity index (χ4n) is 1.35. The number of nitrogens with zero attached hydrogens (tertiary/aromatic N) is 1. The lowest BCUT2D eigenvalue weighted by Gasteiger charge is -2.02. The summed E-state index contributed by atoms with van der Waals surface area (Å²) in [6.45, 7) is 2.53. The van der Waals surface area contributed by atoms with E-state index in [1.54, 1.807) is 37.5 Å². The minimum absolute atomic E-state index is 0.105. The molecule has 1 amide bonds.